The summed E-state index contributed by atoms with van der Waals surface area (Å²) in [5.41, 5.74) is 1.57. The quantitative estimate of drug-likeness (QED) is 0.767. The fourth-order valence-electron chi connectivity index (χ4n) is 2.12. The van der Waals surface area contributed by atoms with Crippen molar-refractivity contribution in [1.29, 1.82) is 0 Å². The van der Waals surface area contributed by atoms with Gasteiger partial charge in [-0.3, -0.25) is 4.57 Å². The van der Waals surface area contributed by atoms with Crippen molar-refractivity contribution in [3.05, 3.63) is 59.6 Å². The zero-order valence-electron chi connectivity index (χ0n) is 9.55. The van der Waals surface area contributed by atoms with E-state index in [1.807, 2.05) is 34.9 Å². The molecule has 1 heterocycles. The first-order valence-electron chi connectivity index (χ1n) is 5.62. The van der Waals surface area contributed by atoms with Crippen molar-refractivity contribution in [1.82, 2.24) is 9.55 Å². The molecule has 0 radical (unpaired) electrons. The van der Waals surface area contributed by atoms with E-state index in [-0.39, 0.29) is 6.61 Å². The summed E-state index contributed by atoms with van der Waals surface area (Å²) < 4.78 is 1.82. The Kier molecular flexibility index (Phi) is 2.78. The number of aromatic nitrogens is 2. The number of aliphatic hydroxyl groups is 1. The third-order valence-corrected chi connectivity index (χ3v) is 3.31. The minimum Gasteiger partial charge on any atom is -0.390 e. The van der Waals surface area contributed by atoms with E-state index in [0.717, 1.165) is 16.5 Å². The van der Waals surface area contributed by atoms with Gasteiger partial charge in [0.25, 0.3) is 0 Å². The molecule has 90 valence electrons. The smallest absolute Gasteiger partial charge is 0.153 e. The Morgan fingerprint density at radius 1 is 1.11 bits per heavy atom. The molecule has 4 heteroatoms. The van der Waals surface area contributed by atoms with Crippen molar-refractivity contribution in [3.63, 3.8) is 0 Å². The summed E-state index contributed by atoms with van der Waals surface area (Å²) >= 11 is 5.95. The van der Waals surface area contributed by atoms with Crippen molar-refractivity contribution in [2.24, 2.45) is 0 Å². The zero-order valence-corrected chi connectivity index (χ0v) is 10.3. The lowest BCUT2D eigenvalue weighted by atomic mass is 10.1. The maximum absolute atomic E-state index is 9.38. The molecule has 18 heavy (non-hydrogen) atoms. The van der Waals surface area contributed by atoms with Crippen LogP contribution in [0.4, 0.5) is 0 Å². The third-order valence-electron chi connectivity index (χ3n) is 2.99. The van der Waals surface area contributed by atoms with Gasteiger partial charge in [-0.15, -0.1) is 0 Å². The lowest BCUT2D eigenvalue weighted by Gasteiger charge is -2.10. The molecule has 0 fully saturated rings. The number of rotatable bonds is 2. The minimum absolute atomic E-state index is 0.137. The SMILES string of the molecule is OCc1c(Cl)ncn1-c1cccc2ccccc12. The molecule has 3 rings (SSSR count). The molecular weight excluding hydrogens is 248 g/mol. The Hall–Kier alpha value is -1.84. The summed E-state index contributed by atoms with van der Waals surface area (Å²) in [6.07, 6.45) is 1.63. The average molecular weight is 259 g/mol. The highest BCUT2D eigenvalue weighted by Gasteiger charge is 2.11. The molecule has 0 bridgehead atoms. The largest absolute Gasteiger partial charge is 0.390 e. The first kappa shape index (κ1) is 11.3. The predicted molar refractivity (Wildman–Crippen MR) is 72.0 cm³/mol. The molecule has 0 saturated carbocycles. The zero-order chi connectivity index (χ0) is 12.5. The van der Waals surface area contributed by atoms with Gasteiger partial charge in [-0.25, -0.2) is 4.98 Å². The van der Waals surface area contributed by atoms with E-state index in [4.69, 9.17) is 11.6 Å². The molecule has 2 aromatic carbocycles. The predicted octanol–water partition coefficient (Wildman–Crippen LogP) is 3.17. The summed E-state index contributed by atoms with van der Waals surface area (Å²) in [6, 6.07) is 14.1. The number of aliphatic hydroxyl groups excluding tert-OH is 1. The van der Waals surface area contributed by atoms with Gasteiger partial charge in [-0.2, -0.15) is 0 Å². The molecule has 0 unspecified atom stereocenters. The highest BCUT2D eigenvalue weighted by Crippen LogP contribution is 2.25. The normalized spacial score (nSPS) is 11.0. The Labute approximate surface area is 109 Å². The van der Waals surface area contributed by atoms with E-state index >= 15 is 0 Å². The lowest BCUT2D eigenvalue weighted by molar-refractivity contribution is 0.275. The standard InChI is InChI=1S/C14H11ClN2O/c15-14-13(8-18)17(9-16-14)12-7-3-5-10-4-1-2-6-11(10)12/h1-7,9,18H,8H2. The van der Waals surface area contributed by atoms with Crippen LogP contribution in [0.15, 0.2) is 48.8 Å². The molecule has 1 N–H and O–H groups in total. The van der Waals surface area contributed by atoms with Crippen LogP contribution in [0.2, 0.25) is 5.15 Å². The highest BCUT2D eigenvalue weighted by molar-refractivity contribution is 6.30. The van der Waals surface area contributed by atoms with Crippen molar-refractivity contribution in [2.45, 2.75) is 6.61 Å². The van der Waals surface area contributed by atoms with Crippen LogP contribution in [-0.2, 0) is 6.61 Å². The summed E-state index contributed by atoms with van der Waals surface area (Å²) in [5, 5.41) is 12.0. The summed E-state index contributed by atoms with van der Waals surface area (Å²) in [6.45, 7) is -0.137. The molecule has 3 nitrogen and oxygen atoms in total. The molecule has 0 saturated heterocycles. The Balaban J connectivity index is 2.31. The van der Waals surface area contributed by atoms with Gasteiger partial charge in [0.1, 0.15) is 6.33 Å². The number of nitrogens with zero attached hydrogens (tertiary/aromatic N) is 2. The van der Waals surface area contributed by atoms with E-state index in [9.17, 15) is 5.11 Å². The van der Waals surface area contributed by atoms with Gasteiger partial charge in [-0.05, 0) is 11.5 Å². The van der Waals surface area contributed by atoms with Gasteiger partial charge in [-0.1, -0.05) is 48.0 Å². The van der Waals surface area contributed by atoms with Crippen LogP contribution < -0.4 is 0 Å². The number of imidazole rings is 1. The molecule has 3 aromatic rings. The maximum atomic E-state index is 9.38. The van der Waals surface area contributed by atoms with Gasteiger partial charge >= 0.3 is 0 Å². The number of hydrogen-bond acceptors (Lipinski definition) is 2. The van der Waals surface area contributed by atoms with Crippen molar-refractivity contribution in [3.8, 4) is 5.69 Å². The molecule has 0 aliphatic carbocycles. The minimum atomic E-state index is -0.137. The van der Waals surface area contributed by atoms with E-state index in [1.54, 1.807) is 6.33 Å². The second kappa shape index (κ2) is 4.44. The molecule has 0 atom stereocenters. The lowest BCUT2D eigenvalue weighted by Crippen LogP contribution is -1.99. The van der Waals surface area contributed by atoms with E-state index in [1.165, 1.54) is 0 Å². The topological polar surface area (TPSA) is 38.1 Å². The van der Waals surface area contributed by atoms with Crippen LogP contribution in [0.3, 0.4) is 0 Å². The second-order valence-electron chi connectivity index (χ2n) is 4.01. The highest BCUT2D eigenvalue weighted by atomic mass is 35.5. The van der Waals surface area contributed by atoms with Crippen LogP contribution in [0.1, 0.15) is 5.69 Å². The van der Waals surface area contributed by atoms with Crippen molar-refractivity contribution < 1.29 is 5.11 Å². The average Bonchev–Trinajstić information content (AvgIpc) is 2.79. The van der Waals surface area contributed by atoms with Gasteiger partial charge in [0.05, 0.1) is 18.0 Å². The molecule has 0 aliphatic heterocycles. The van der Waals surface area contributed by atoms with Gasteiger partial charge < -0.3 is 5.11 Å². The Morgan fingerprint density at radius 3 is 2.72 bits per heavy atom. The molecule has 0 spiro atoms. The van der Waals surface area contributed by atoms with Gasteiger partial charge in [0.15, 0.2) is 5.15 Å². The van der Waals surface area contributed by atoms with E-state index in [0.29, 0.717) is 10.8 Å². The fraction of sp³-hybridized carbons (Fsp3) is 0.0714. The summed E-state index contributed by atoms with van der Waals surface area (Å²) in [5.74, 6) is 0. The van der Waals surface area contributed by atoms with E-state index < -0.39 is 0 Å². The van der Waals surface area contributed by atoms with Crippen LogP contribution in [-0.4, -0.2) is 14.7 Å². The van der Waals surface area contributed by atoms with Crippen LogP contribution in [0, 0.1) is 0 Å². The Bertz CT molecular complexity index is 701. The van der Waals surface area contributed by atoms with Crippen molar-refractivity contribution in [2.75, 3.05) is 0 Å². The van der Waals surface area contributed by atoms with Crippen molar-refractivity contribution >= 4 is 22.4 Å². The monoisotopic (exact) mass is 258 g/mol. The molecular formula is C14H11ClN2O. The fourth-order valence-corrected chi connectivity index (χ4v) is 2.31. The number of halogens is 1. The molecule has 0 amide bonds. The van der Waals surface area contributed by atoms with Gasteiger partial charge in [0, 0.05) is 5.39 Å². The first-order chi connectivity index (χ1) is 8.81. The molecule has 0 aliphatic rings. The number of fused-ring (bicyclic) bond motifs is 1. The molecule has 1 aromatic heterocycles. The number of hydrogen-bond donors (Lipinski definition) is 1. The summed E-state index contributed by atoms with van der Waals surface area (Å²) in [4.78, 5) is 4.04. The number of benzene rings is 2. The second-order valence-corrected chi connectivity index (χ2v) is 4.37. The van der Waals surface area contributed by atoms with Crippen LogP contribution >= 0.6 is 11.6 Å². The van der Waals surface area contributed by atoms with Gasteiger partial charge in [0.2, 0.25) is 0 Å². The van der Waals surface area contributed by atoms with E-state index in [2.05, 4.69) is 17.1 Å². The van der Waals surface area contributed by atoms with Crippen LogP contribution in [0.5, 0.6) is 0 Å². The third kappa shape index (κ3) is 1.68. The Morgan fingerprint density at radius 2 is 1.89 bits per heavy atom. The first-order valence-corrected chi connectivity index (χ1v) is 6.00. The summed E-state index contributed by atoms with van der Waals surface area (Å²) in [7, 11) is 0. The van der Waals surface area contributed by atoms with Crippen LogP contribution in [0.25, 0.3) is 16.5 Å². The maximum Gasteiger partial charge on any atom is 0.153 e.